The topological polar surface area (TPSA) is 0 Å². The van der Waals surface area contributed by atoms with E-state index in [1.165, 1.54) is 70.8 Å². The molecule has 0 aromatic carbocycles. The van der Waals surface area contributed by atoms with Gasteiger partial charge < -0.3 is 28.5 Å². The first-order valence-electron chi connectivity index (χ1n) is 7.88. The lowest BCUT2D eigenvalue weighted by molar-refractivity contribution is -0.883. The van der Waals surface area contributed by atoms with Crippen molar-refractivity contribution in [3.8, 4) is 12.3 Å². The third-order valence-electron chi connectivity index (χ3n) is 3.64. The van der Waals surface area contributed by atoms with E-state index in [9.17, 15) is 0 Å². The summed E-state index contributed by atoms with van der Waals surface area (Å²) in [7, 11) is 4.46. The van der Waals surface area contributed by atoms with E-state index in [-0.39, 0.29) is 24.0 Å². The Hall–Kier alpha value is 0.250. The number of terminal acetylenes is 1. The lowest BCUT2D eigenvalue weighted by Gasteiger charge is -2.27. The summed E-state index contributed by atoms with van der Waals surface area (Å²) >= 11 is 0. The van der Waals surface area contributed by atoms with Crippen LogP contribution in [0.15, 0.2) is 0 Å². The van der Waals surface area contributed by atoms with Crippen molar-refractivity contribution in [1.29, 1.82) is 0 Å². The van der Waals surface area contributed by atoms with Gasteiger partial charge in [-0.1, -0.05) is 58.3 Å². The van der Waals surface area contributed by atoms with E-state index < -0.39 is 0 Å². The van der Waals surface area contributed by atoms with Gasteiger partial charge in [-0.05, 0) is 18.8 Å². The molecule has 0 N–H and O–H groups in total. The Morgan fingerprint density at radius 1 is 0.789 bits per heavy atom. The van der Waals surface area contributed by atoms with Crippen LogP contribution in [0.2, 0.25) is 0 Å². The van der Waals surface area contributed by atoms with Gasteiger partial charge in [0, 0.05) is 0 Å². The Morgan fingerprint density at radius 2 is 1.21 bits per heavy atom. The molecule has 0 aromatic rings. The van der Waals surface area contributed by atoms with E-state index in [0.717, 1.165) is 11.0 Å². The summed E-state index contributed by atoms with van der Waals surface area (Å²) in [6, 6.07) is 0. The van der Waals surface area contributed by atoms with Crippen LogP contribution in [0.4, 0.5) is 0 Å². The van der Waals surface area contributed by atoms with Crippen LogP contribution in [-0.2, 0) is 0 Å². The Balaban J connectivity index is 0. The van der Waals surface area contributed by atoms with Gasteiger partial charge in [-0.2, -0.15) is 0 Å². The number of rotatable bonds is 12. The molecule has 0 saturated heterocycles. The van der Waals surface area contributed by atoms with Gasteiger partial charge in [-0.15, -0.1) is 6.42 Å². The van der Waals surface area contributed by atoms with E-state index in [1.807, 2.05) is 0 Å². The molecule has 0 bridgehead atoms. The maximum atomic E-state index is 5.37. The van der Waals surface area contributed by atoms with Crippen molar-refractivity contribution in [3.63, 3.8) is 0 Å². The quantitative estimate of drug-likeness (QED) is 0.209. The molecule has 0 rings (SSSR count). The monoisotopic (exact) mass is 379 g/mol. The Kier molecular flexibility index (Phi) is 16.6. The van der Waals surface area contributed by atoms with Crippen LogP contribution in [0.5, 0.6) is 0 Å². The van der Waals surface area contributed by atoms with Crippen LogP contribution in [0, 0.1) is 12.3 Å². The van der Waals surface area contributed by atoms with Gasteiger partial charge in [0.05, 0.1) is 20.6 Å². The van der Waals surface area contributed by atoms with Crippen molar-refractivity contribution in [2.24, 2.45) is 0 Å². The molecule has 1 nitrogen and oxygen atoms in total. The van der Waals surface area contributed by atoms with Crippen LogP contribution >= 0.6 is 0 Å². The van der Waals surface area contributed by atoms with Crippen molar-refractivity contribution >= 4 is 0 Å². The van der Waals surface area contributed by atoms with Crippen LogP contribution in [0.1, 0.15) is 71.1 Å². The van der Waals surface area contributed by atoms with Crippen molar-refractivity contribution in [1.82, 2.24) is 0 Å². The van der Waals surface area contributed by atoms with Gasteiger partial charge in [0.2, 0.25) is 0 Å². The number of quaternary nitrogens is 1. The lowest BCUT2D eigenvalue weighted by atomic mass is 10.1. The maximum Gasteiger partial charge on any atom is 0.140 e. The molecule has 0 saturated carbocycles. The highest BCUT2D eigenvalue weighted by molar-refractivity contribution is 4.83. The molecule has 0 unspecified atom stereocenters. The van der Waals surface area contributed by atoms with Crippen LogP contribution in [0.25, 0.3) is 0 Å². The zero-order valence-corrected chi connectivity index (χ0v) is 15.5. The summed E-state index contributed by atoms with van der Waals surface area (Å²) in [4.78, 5) is 0. The minimum Gasteiger partial charge on any atom is -1.00 e. The summed E-state index contributed by atoms with van der Waals surface area (Å²) in [5.41, 5.74) is 0. The van der Waals surface area contributed by atoms with Crippen LogP contribution in [0.3, 0.4) is 0 Å². The highest BCUT2D eigenvalue weighted by Gasteiger charge is 2.11. The fourth-order valence-electron chi connectivity index (χ4n) is 2.35. The largest absolute Gasteiger partial charge is 1.00 e. The summed E-state index contributed by atoms with van der Waals surface area (Å²) in [6.45, 7) is 4.36. The number of hydrogen-bond acceptors (Lipinski definition) is 0. The molecule has 0 aromatic heterocycles. The van der Waals surface area contributed by atoms with Crippen molar-refractivity contribution in [3.05, 3.63) is 0 Å². The molecule has 0 fully saturated rings. The normalized spacial score (nSPS) is 10.8. The van der Waals surface area contributed by atoms with Gasteiger partial charge >= 0.3 is 0 Å². The Morgan fingerprint density at radius 3 is 1.63 bits per heavy atom. The molecule has 0 heterocycles. The Labute approximate surface area is 139 Å². The van der Waals surface area contributed by atoms with Crippen molar-refractivity contribution in [2.75, 3.05) is 27.2 Å². The Bertz CT molecular complexity index is 218. The smallest absolute Gasteiger partial charge is 0.140 e. The highest BCUT2D eigenvalue weighted by atomic mass is 127. The molecule has 0 aliphatic carbocycles. The summed E-state index contributed by atoms with van der Waals surface area (Å²) < 4.78 is 0.980. The zero-order chi connectivity index (χ0) is 13.7. The van der Waals surface area contributed by atoms with E-state index in [1.54, 1.807) is 0 Å². The first-order chi connectivity index (χ1) is 8.62. The number of nitrogens with zero attached hydrogens (tertiary/aromatic N) is 1. The molecule has 114 valence electrons. The van der Waals surface area contributed by atoms with Gasteiger partial charge in [-0.25, -0.2) is 0 Å². The molecule has 0 aliphatic rings. The second-order valence-electron chi connectivity index (χ2n) is 6.20. The average Bonchev–Trinajstić information content (AvgIpc) is 2.31. The average molecular weight is 379 g/mol. The van der Waals surface area contributed by atoms with Gasteiger partial charge in [-0.3, -0.25) is 0 Å². The van der Waals surface area contributed by atoms with E-state index in [2.05, 4.69) is 26.9 Å². The molecule has 0 aliphatic heterocycles. The lowest BCUT2D eigenvalue weighted by Crippen LogP contribution is -3.00. The second-order valence-corrected chi connectivity index (χ2v) is 6.20. The van der Waals surface area contributed by atoms with Crippen LogP contribution in [-0.4, -0.2) is 31.7 Å². The first kappa shape index (κ1) is 21.5. The first-order valence-corrected chi connectivity index (χ1v) is 7.88. The van der Waals surface area contributed by atoms with Crippen molar-refractivity contribution < 1.29 is 28.5 Å². The molecule has 2 heteroatoms. The minimum atomic E-state index is 0. The third-order valence-corrected chi connectivity index (χ3v) is 3.64. The predicted octanol–water partition coefficient (Wildman–Crippen LogP) is 1.62. The fraction of sp³-hybridized carbons (Fsp3) is 0.882. The third kappa shape index (κ3) is 16.2. The van der Waals surface area contributed by atoms with Gasteiger partial charge in [0.25, 0.3) is 0 Å². The number of hydrogen-bond donors (Lipinski definition) is 0. The molecular formula is C17H34IN. The molecule has 0 amide bonds. The summed E-state index contributed by atoms with van der Waals surface area (Å²) in [5, 5.41) is 0. The van der Waals surface area contributed by atoms with E-state index in [4.69, 9.17) is 6.42 Å². The van der Waals surface area contributed by atoms with Gasteiger partial charge in [0.15, 0.2) is 0 Å². The fourth-order valence-corrected chi connectivity index (χ4v) is 2.35. The van der Waals surface area contributed by atoms with Gasteiger partial charge in [0.1, 0.15) is 6.54 Å². The molecule has 0 spiro atoms. The van der Waals surface area contributed by atoms with Crippen LogP contribution < -0.4 is 24.0 Å². The minimum absolute atomic E-state index is 0. The second kappa shape index (κ2) is 14.7. The predicted molar refractivity (Wildman–Crippen MR) is 82.5 cm³/mol. The van der Waals surface area contributed by atoms with E-state index >= 15 is 0 Å². The maximum absolute atomic E-state index is 5.37. The zero-order valence-electron chi connectivity index (χ0n) is 13.4. The molecule has 0 atom stereocenters. The highest BCUT2D eigenvalue weighted by Crippen LogP contribution is 2.11. The summed E-state index contributed by atoms with van der Waals surface area (Å²) in [5.74, 6) is 2.77. The number of unbranched alkanes of at least 4 members (excludes halogenated alkanes) is 9. The molecule has 0 radical (unpaired) electrons. The summed E-state index contributed by atoms with van der Waals surface area (Å²) in [6.07, 6.45) is 19.4. The van der Waals surface area contributed by atoms with E-state index in [0.29, 0.717) is 0 Å². The molecule has 19 heavy (non-hydrogen) atoms. The standard InChI is InChI=1S/C17H34N.HI/c1-5-7-8-9-10-11-12-13-14-15-17-18(3,4)16-6-2;/h2H,5,7-17H2,1,3-4H3;1H/q+1;/p-1. The molecular weight excluding hydrogens is 345 g/mol. The number of halogens is 1. The SMILES string of the molecule is C#CC[N+](C)(C)CCCCCCCCCCCC.[I-]. The van der Waals surface area contributed by atoms with Crippen molar-refractivity contribution in [2.45, 2.75) is 71.1 Å².